The monoisotopic (exact) mass is 359 g/mol. The first-order valence-corrected chi connectivity index (χ1v) is 9.35. The predicted octanol–water partition coefficient (Wildman–Crippen LogP) is 3.51. The number of rotatable bonds is 8. The second kappa shape index (κ2) is 9.32. The number of aryl methyl sites for hydroxylation is 2. The van der Waals surface area contributed by atoms with Gasteiger partial charge in [-0.05, 0) is 24.8 Å². The summed E-state index contributed by atoms with van der Waals surface area (Å²) in [4.78, 5) is 30.7. The average molecular weight is 359 g/mol. The lowest BCUT2D eigenvalue weighted by atomic mass is 10.1. The molecular formula is C19H25N3O2S. The number of aromatic nitrogens is 1. The van der Waals surface area contributed by atoms with Crippen LogP contribution in [0.3, 0.4) is 0 Å². The fourth-order valence-electron chi connectivity index (χ4n) is 2.49. The Labute approximate surface area is 153 Å². The molecule has 1 aromatic carbocycles. The molecule has 1 N–H and O–H groups in total. The van der Waals surface area contributed by atoms with Gasteiger partial charge < -0.3 is 10.2 Å². The molecule has 0 radical (unpaired) electrons. The minimum atomic E-state index is -0.205. The Bertz CT molecular complexity index is 698. The van der Waals surface area contributed by atoms with E-state index in [1.807, 2.05) is 56.5 Å². The van der Waals surface area contributed by atoms with Crippen molar-refractivity contribution < 1.29 is 9.59 Å². The summed E-state index contributed by atoms with van der Waals surface area (Å²) in [6.45, 7) is 6.59. The van der Waals surface area contributed by atoms with E-state index < -0.39 is 0 Å². The number of anilines is 1. The topological polar surface area (TPSA) is 62.3 Å². The van der Waals surface area contributed by atoms with E-state index in [1.165, 1.54) is 11.3 Å². The lowest BCUT2D eigenvalue weighted by Gasteiger charge is -2.24. The highest BCUT2D eigenvalue weighted by atomic mass is 32.1. The Hall–Kier alpha value is -2.21. The van der Waals surface area contributed by atoms with Crippen LogP contribution in [-0.2, 0) is 16.0 Å². The molecule has 0 atom stereocenters. The largest absolute Gasteiger partial charge is 0.333 e. The van der Waals surface area contributed by atoms with Crippen LogP contribution in [0.1, 0.15) is 31.5 Å². The number of thiazole rings is 1. The number of hydrogen-bond acceptors (Lipinski definition) is 4. The minimum absolute atomic E-state index is 0.00280. The van der Waals surface area contributed by atoms with Crippen LogP contribution < -0.4 is 5.32 Å². The number of hydrogen-bond donors (Lipinski definition) is 1. The first-order chi connectivity index (χ1) is 11.9. The second-order valence-electron chi connectivity index (χ2n) is 6.50. The van der Waals surface area contributed by atoms with E-state index in [1.54, 1.807) is 4.90 Å². The highest BCUT2D eigenvalue weighted by Crippen LogP contribution is 2.14. The standard InChI is InChI=1S/C19H25N3O2S/c1-14(2)11-22(12-17(23)21-19-20-15(3)13-25-19)18(24)10-9-16-7-5-4-6-8-16/h4-8,13-14H,9-12H2,1-3H3,(H,20,21,23). The van der Waals surface area contributed by atoms with Crippen molar-refractivity contribution in [3.8, 4) is 0 Å². The van der Waals surface area contributed by atoms with Crippen molar-refractivity contribution in [1.29, 1.82) is 0 Å². The molecule has 0 saturated carbocycles. The Morgan fingerprint density at radius 1 is 1.24 bits per heavy atom. The van der Waals surface area contributed by atoms with Crippen molar-refractivity contribution in [2.75, 3.05) is 18.4 Å². The smallest absolute Gasteiger partial charge is 0.245 e. The Morgan fingerprint density at radius 2 is 1.96 bits per heavy atom. The lowest BCUT2D eigenvalue weighted by Crippen LogP contribution is -2.40. The number of amides is 2. The Kier molecular flexibility index (Phi) is 7.13. The van der Waals surface area contributed by atoms with Gasteiger partial charge in [-0.25, -0.2) is 4.98 Å². The van der Waals surface area contributed by atoms with Gasteiger partial charge in [0.25, 0.3) is 0 Å². The molecule has 0 spiro atoms. The summed E-state index contributed by atoms with van der Waals surface area (Å²) in [5, 5.41) is 5.22. The van der Waals surface area contributed by atoms with Crippen LogP contribution in [0.5, 0.6) is 0 Å². The third kappa shape index (κ3) is 6.66. The van der Waals surface area contributed by atoms with E-state index >= 15 is 0 Å². The van der Waals surface area contributed by atoms with Gasteiger partial charge in [0.05, 0.1) is 12.2 Å². The van der Waals surface area contributed by atoms with Gasteiger partial charge in [-0.1, -0.05) is 44.2 Å². The molecule has 6 heteroatoms. The van der Waals surface area contributed by atoms with Crippen LogP contribution in [-0.4, -0.2) is 34.8 Å². The van der Waals surface area contributed by atoms with Crippen LogP contribution in [0.15, 0.2) is 35.7 Å². The molecule has 0 saturated heterocycles. The highest BCUT2D eigenvalue weighted by molar-refractivity contribution is 7.13. The van der Waals surface area contributed by atoms with E-state index in [-0.39, 0.29) is 18.4 Å². The first kappa shape index (κ1) is 19.1. The third-order valence-electron chi connectivity index (χ3n) is 3.61. The fraction of sp³-hybridized carbons (Fsp3) is 0.421. The van der Waals surface area contributed by atoms with E-state index in [0.29, 0.717) is 30.4 Å². The first-order valence-electron chi connectivity index (χ1n) is 8.47. The molecule has 2 amide bonds. The van der Waals surface area contributed by atoms with E-state index in [9.17, 15) is 9.59 Å². The van der Waals surface area contributed by atoms with Gasteiger partial charge in [0.1, 0.15) is 0 Å². The average Bonchev–Trinajstić information content (AvgIpc) is 2.97. The molecule has 1 heterocycles. The molecule has 0 fully saturated rings. The van der Waals surface area contributed by atoms with E-state index in [4.69, 9.17) is 0 Å². The van der Waals surface area contributed by atoms with Crippen LogP contribution in [0, 0.1) is 12.8 Å². The number of carbonyl (C=O) groups is 2. The van der Waals surface area contributed by atoms with Crippen molar-refractivity contribution in [1.82, 2.24) is 9.88 Å². The van der Waals surface area contributed by atoms with Crippen molar-refractivity contribution >= 4 is 28.3 Å². The summed E-state index contributed by atoms with van der Waals surface area (Å²) >= 11 is 1.39. The molecule has 0 aliphatic rings. The molecular weight excluding hydrogens is 334 g/mol. The summed E-state index contributed by atoms with van der Waals surface area (Å²) in [6, 6.07) is 9.92. The summed E-state index contributed by atoms with van der Waals surface area (Å²) in [5.41, 5.74) is 2.00. The number of benzene rings is 1. The van der Waals surface area contributed by atoms with Gasteiger partial charge in [0.15, 0.2) is 5.13 Å². The van der Waals surface area contributed by atoms with Gasteiger partial charge in [-0.3, -0.25) is 9.59 Å². The predicted molar refractivity (Wildman–Crippen MR) is 102 cm³/mol. The zero-order valence-electron chi connectivity index (χ0n) is 15.0. The number of carbonyl (C=O) groups excluding carboxylic acids is 2. The number of nitrogens with zero attached hydrogens (tertiary/aromatic N) is 2. The maximum absolute atomic E-state index is 12.6. The summed E-state index contributed by atoms with van der Waals surface area (Å²) in [5.74, 6) is 0.0988. The van der Waals surface area contributed by atoms with E-state index in [2.05, 4.69) is 10.3 Å². The zero-order chi connectivity index (χ0) is 18.2. The van der Waals surface area contributed by atoms with Crippen molar-refractivity contribution in [2.24, 2.45) is 5.92 Å². The Balaban J connectivity index is 1.92. The quantitative estimate of drug-likeness (QED) is 0.784. The highest BCUT2D eigenvalue weighted by Gasteiger charge is 2.19. The third-order valence-corrected chi connectivity index (χ3v) is 4.48. The molecule has 0 bridgehead atoms. The molecule has 1 aromatic heterocycles. The summed E-state index contributed by atoms with van der Waals surface area (Å²) in [7, 11) is 0. The molecule has 134 valence electrons. The van der Waals surface area contributed by atoms with Gasteiger partial charge >= 0.3 is 0 Å². The molecule has 25 heavy (non-hydrogen) atoms. The molecule has 0 unspecified atom stereocenters. The molecule has 0 aliphatic heterocycles. The van der Waals surface area contributed by atoms with Crippen LogP contribution in [0.4, 0.5) is 5.13 Å². The van der Waals surface area contributed by atoms with Gasteiger partial charge in [0.2, 0.25) is 11.8 Å². The number of nitrogens with one attached hydrogen (secondary N) is 1. The maximum Gasteiger partial charge on any atom is 0.245 e. The molecule has 2 rings (SSSR count). The van der Waals surface area contributed by atoms with Crippen molar-refractivity contribution in [2.45, 2.75) is 33.6 Å². The normalized spacial score (nSPS) is 10.7. The van der Waals surface area contributed by atoms with Crippen molar-refractivity contribution in [3.63, 3.8) is 0 Å². The van der Waals surface area contributed by atoms with Crippen molar-refractivity contribution in [3.05, 3.63) is 47.0 Å². The van der Waals surface area contributed by atoms with E-state index in [0.717, 1.165) is 11.3 Å². The molecule has 2 aromatic rings. The Morgan fingerprint density at radius 3 is 2.56 bits per heavy atom. The van der Waals surface area contributed by atoms with Crippen LogP contribution in [0.2, 0.25) is 0 Å². The SMILES string of the molecule is Cc1csc(NC(=O)CN(CC(C)C)C(=O)CCc2ccccc2)n1. The van der Waals surface area contributed by atoms with Gasteiger partial charge in [-0.2, -0.15) is 0 Å². The zero-order valence-corrected chi connectivity index (χ0v) is 15.8. The lowest BCUT2D eigenvalue weighted by molar-refractivity contribution is -0.135. The van der Waals surface area contributed by atoms with Crippen LogP contribution in [0.25, 0.3) is 0 Å². The van der Waals surface area contributed by atoms with Crippen LogP contribution >= 0.6 is 11.3 Å². The minimum Gasteiger partial charge on any atom is -0.333 e. The summed E-state index contributed by atoms with van der Waals surface area (Å²) in [6.07, 6.45) is 1.09. The molecule has 0 aliphatic carbocycles. The fourth-order valence-corrected chi connectivity index (χ4v) is 3.20. The molecule has 5 nitrogen and oxygen atoms in total. The second-order valence-corrected chi connectivity index (χ2v) is 7.35. The maximum atomic E-state index is 12.6. The van der Waals surface area contributed by atoms with Gasteiger partial charge in [-0.15, -0.1) is 11.3 Å². The van der Waals surface area contributed by atoms with Gasteiger partial charge in [0, 0.05) is 18.3 Å². The summed E-state index contributed by atoms with van der Waals surface area (Å²) < 4.78 is 0.